The SMILES string of the molecule is CCCCCCCCCCc1ccc(C2=CCC(C3CCC(C)CC3)C=C2)c(F)c1F. The Bertz CT molecular complexity index is 737. The highest BCUT2D eigenvalue weighted by Crippen LogP contribution is 2.38. The van der Waals surface area contributed by atoms with Crippen LogP contribution in [-0.4, -0.2) is 0 Å². The van der Waals surface area contributed by atoms with Crippen molar-refractivity contribution in [2.24, 2.45) is 17.8 Å². The maximum atomic E-state index is 14.8. The molecule has 0 bridgehead atoms. The van der Waals surface area contributed by atoms with E-state index < -0.39 is 11.6 Å². The van der Waals surface area contributed by atoms with Crippen molar-refractivity contribution in [3.8, 4) is 0 Å². The van der Waals surface area contributed by atoms with E-state index in [0.29, 0.717) is 23.5 Å². The Labute approximate surface area is 189 Å². The standard InChI is InChI=1S/C29H42F2/c1-3-4-5-6-7-8-9-10-11-26-20-21-27(29(31)28(26)30)25-18-16-24(17-19-25)23-14-12-22(2)13-15-23/h16,18-24H,3-15,17H2,1-2H3. The van der Waals surface area contributed by atoms with Crippen molar-refractivity contribution in [1.82, 2.24) is 0 Å². The Morgan fingerprint density at radius 2 is 1.52 bits per heavy atom. The summed E-state index contributed by atoms with van der Waals surface area (Å²) in [6.45, 7) is 4.58. The fraction of sp³-hybridized carbons (Fsp3) is 0.655. The van der Waals surface area contributed by atoms with Crippen molar-refractivity contribution in [2.75, 3.05) is 0 Å². The number of hydrogen-bond acceptors (Lipinski definition) is 0. The van der Waals surface area contributed by atoms with Crippen LogP contribution in [-0.2, 0) is 6.42 Å². The highest BCUT2D eigenvalue weighted by molar-refractivity contribution is 5.75. The summed E-state index contributed by atoms with van der Waals surface area (Å²) in [5.41, 5.74) is 1.79. The van der Waals surface area contributed by atoms with E-state index >= 15 is 0 Å². The van der Waals surface area contributed by atoms with Gasteiger partial charge < -0.3 is 0 Å². The van der Waals surface area contributed by atoms with E-state index in [1.807, 2.05) is 6.08 Å². The Morgan fingerprint density at radius 1 is 0.839 bits per heavy atom. The van der Waals surface area contributed by atoms with Crippen LogP contribution in [0.25, 0.3) is 5.57 Å². The molecule has 0 heterocycles. The molecule has 0 saturated heterocycles. The predicted molar refractivity (Wildman–Crippen MR) is 129 cm³/mol. The topological polar surface area (TPSA) is 0 Å². The van der Waals surface area contributed by atoms with Gasteiger partial charge in [0.2, 0.25) is 0 Å². The van der Waals surface area contributed by atoms with Gasteiger partial charge in [-0.2, -0.15) is 0 Å². The molecule has 2 aliphatic carbocycles. The third-order valence-electron chi connectivity index (χ3n) is 7.57. The molecule has 0 aliphatic heterocycles. The predicted octanol–water partition coefficient (Wildman–Crippen LogP) is 9.43. The third-order valence-corrected chi connectivity index (χ3v) is 7.57. The molecule has 1 fully saturated rings. The Kier molecular flexibility index (Phi) is 9.81. The fourth-order valence-electron chi connectivity index (χ4n) is 5.36. The lowest BCUT2D eigenvalue weighted by atomic mass is 9.73. The van der Waals surface area contributed by atoms with Crippen LogP contribution in [0.4, 0.5) is 8.78 Å². The number of rotatable bonds is 11. The van der Waals surface area contributed by atoms with Crippen LogP contribution in [0.3, 0.4) is 0 Å². The quantitative estimate of drug-likeness (QED) is 0.308. The van der Waals surface area contributed by atoms with Crippen LogP contribution in [0.15, 0.2) is 30.4 Å². The van der Waals surface area contributed by atoms with Crippen LogP contribution < -0.4 is 0 Å². The van der Waals surface area contributed by atoms with Crippen molar-refractivity contribution in [2.45, 2.75) is 104 Å². The second-order valence-corrected chi connectivity index (χ2v) is 10.1. The van der Waals surface area contributed by atoms with E-state index in [0.717, 1.165) is 36.7 Å². The number of hydrogen-bond donors (Lipinski definition) is 0. The first-order valence-electron chi connectivity index (χ1n) is 13.0. The first-order valence-corrected chi connectivity index (χ1v) is 13.0. The average Bonchev–Trinajstić information content (AvgIpc) is 2.79. The highest BCUT2D eigenvalue weighted by atomic mass is 19.2. The molecule has 1 aromatic rings. The summed E-state index contributed by atoms with van der Waals surface area (Å²) in [6, 6.07) is 3.59. The second-order valence-electron chi connectivity index (χ2n) is 10.1. The summed E-state index contributed by atoms with van der Waals surface area (Å²) in [5, 5.41) is 0. The molecule has 1 unspecified atom stereocenters. The van der Waals surface area contributed by atoms with Gasteiger partial charge in [0.1, 0.15) is 0 Å². The second kappa shape index (κ2) is 12.6. The smallest absolute Gasteiger partial charge is 0.166 e. The molecule has 0 N–H and O–H groups in total. The van der Waals surface area contributed by atoms with E-state index in [4.69, 9.17) is 0 Å². The minimum absolute atomic E-state index is 0.421. The van der Waals surface area contributed by atoms with Gasteiger partial charge in [-0.3, -0.25) is 0 Å². The van der Waals surface area contributed by atoms with Crippen molar-refractivity contribution >= 4 is 5.57 Å². The van der Waals surface area contributed by atoms with Gasteiger partial charge in [-0.1, -0.05) is 102 Å². The van der Waals surface area contributed by atoms with Gasteiger partial charge in [-0.25, -0.2) is 8.78 Å². The normalized spacial score (nSPS) is 23.7. The highest BCUT2D eigenvalue weighted by Gasteiger charge is 2.26. The molecule has 0 radical (unpaired) electrons. The third kappa shape index (κ3) is 7.02. The van der Waals surface area contributed by atoms with Crippen molar-refractivity contribution in [3.63, 3.8) is 0 Å². The lowest BCUT2D eigenvalue weighted by Gasteiger charge is -2.32. The molecule has 3 rings (SSSR count). The molecule has 172 valence electrons. The van der Waals surface area contributed by atoms with Crippen LogP contribution in [0.1, 0.15) is 108 Å². The molecular weight excluding hydrogens is 386 g/mol. The summed E-state index contributed by atoms with van der Waals surface area (Å²) < 4.78 is 29.5. The maximum Gasteiger partial charge on any atom is 0.166 e. The summed E-state index contributed by atoms with van der Waals surface area (Å²) in [7, 11) is 0. The van der Waals surface area contributed by atoms with E-state index in [9.17, 15) is 8.78 Å². The van der Waals surface area contributed by atoms with Crippen LogP contribution >= 0.6 is 0 Å². The number of allylic oxidation sites excluding steroid dienone is 4. The summed E-state index contributed by atoms with van der Waals surface area (Å²) >= 11 is 0. The number of halogens is 2. The number of aryl methyl sites for hydroxylation is 1. The van der Waals surface area contributed by atoms with Gasteiger partial charge >= 0.3 is 0 Å². The first-order chi connectivity index (χ1) is 15.1. The summed E-state index contributed by atoms with van der Waals surface area (Å²) in [5.74, 6) is 0.860. The first kappa shape index (κ1) is 24.2. The van der Waals surface area contributed by atoms with Crippen LogP contribution in [0.2, 0.25) is 0 Å². The zero-order valence-corrected chi connectivity index (χ0v) is 19.8. The number of benzene rings is 1. The zero-order valence-electron chi connectivity index (χ0n) is 19.8. The van der Waals surface area contributed by atoms with E-state index in [2.05, 4.69) is 26.0 Å². The summed E-state index contributed by atoms with van der Waals surface area (Å²) in [6.07, 6.45) is 23.0. The molecule has 2 heteroatoms. The van der Waals surface area contributed by atoms with Gasteiger partial charge in [-0.15, -0.1) is 0 Å². The van der Waals surface area contributed by atoms with Gasteiger partial charge in [0.25, 0.3) is 0 Å². The largest absolute Gasteiger partial charge is 0.203 e. The molecular formula is C29H42F2. The van der Waals surface area contributed by atoms with Crippen molar-refractivity contribution in [1.29, 1.82) is 0 Å². The molecule has 2 aliphatic rings. The molecule has 1 aromatic carbocycles. The van der Waals surface area contributed by atoms with Gasteiger partial charge in [-0.05, 0) is 61.0 Å². The molecule has 1 saturated carbocycles. The minimum Gasteiger partial charge on any atom is -0.203 e. The monoisotopic (exact) mass is 428 g/mol. The van der Waals surface area contributed by atoms with E-state index in [1.165, 1.54) is 64.2 Å². The Morgan fingerprint density at radius 3 is 2.16 bits per heavy atom. The lowest BCUT2D eigenvalue weighted by molar-refractivity contribution is 0.240. The van der Waals surface area contributed by atoms with Gasteiger partial charge in [0.05, 0.1) is 0 Å². The molecule has 0 aromatic heterocycles. The molecule has 31 heavy (non-hydrogen) atoms. The van der Waals surface area contributed by atoms with Gasteiger partial charge in [0, 0.05) is 5.56 Å². The van der Waals surface area contributed by atoms with E-state index in [1.54, 1.807) is 12.1 Å². The zero-order chi connectivity index (χ0) is 22.1. The van der Waals surface area contributed by atoms with Gasteiger partial charge in [0.15, 0.2) is 11.6 Å². The van der Waals surface area contributed by atoms with Crippen molar-refractivity contribution < 1.29 is 8.78 Å². The average molecular weight is 429 g/mol. The van der Waals surface area contributed by atoms with Crippen LogP contribution in [0, 0.1) is 29.4 Å². The Hall–Kier alpha value is -1.44. The van der Waals surface area contributed by atoms with Crippen LogP contribution in [0.5, 0.6) is 0 Å². The maximum absolute atomic E-state index is 14.8. The molecule has 0 nitrogen and oxygen atoms in total. The molecule has 0 amide bonds. The Balaban J connectivity index is 1.48. The fourth-order valence-corrected chi connectivity index (χ4v) is 5.36. The van der Waals surface area contributed by atoms with Crippen molar-refractivity contribution in [3.05, 3.63) is 53.1 Å². The minimum atomic E-state index is -0.669. The molecule has 1 atom stereocenters. The summed E-state index contributed by atoms with van der Waals surface area (Å²) in [4.78, 5) is 0. The number of unbranched alkanes of at least 4 members (excludes halogenated alkanes) is 7. The van der Waals surface area contributed by atoms with E-state index in [-0.39, 0.29) is 0 Å². The molecule has 0 spiro atoms. The lowest BCUT2D eigenvalue weighted by Crippen LogP contribution is -2.20.